The van der Waals surface area contributed by atoms with E-state index >= 15 is 0 Å². The Balaban J connectivity index is 2.99. The van der Waals surface area contributed by atoms with E-state index in [1.807, 2.05) is 19.1 Å². The van der Waals surface area contributed by atoms with Crippen molar-refractivity contribution in [2.24, 2.45) is 0 Å². The fourth-order valence-corrected chi connectivity index (χ4v) is 2.70. The van der Waals surface area contributed by atoms with Crippen LogP contribution in [0.3, 0.4) is 0 Å². The van der Waals surface area contributed by atoms with E-state index in [1.165, 1.54) is 19.8 Å². The van der Waals surface area contributed by atoms with Crippen molar-refractivity contribution in [1.82, 2.24) is 0 Å². The van der Waals surface area contributed by atoms with Gasteiger partial charge in [-0.05, 0) is 39.5 Å². The lowest BCUT2D eigenvalue weighted by molar-refractivity contribution is -0.230. The zero-order valence-electron chi connectivity index (χ0n) is 16.2. The molecule has 0 N–H and O–H groups in total. The second-order valence-electron chi connectivity index (χ2n) is 6.40. The fourth-order valence-electron chi connectivity index (χ4n) is 2.70. The normalized spacial score (nSPS) is 29.0. The van der Waals surface area contributed by atoms with Gasteiger partial charge in [0.1, 0.15) is 12.7 Å². The van der Waals surface area contributed by atoms with Crippen LogP contribution in [0, 0.1) is 0 Å². The molecule has 25 heavy (non-hydrogen) atoms. The summed E-state index contributed by atoms with van der Waals surface area (Å²) in [5.74, 6) is -1.96. The first-order chi connectivity index (χ1) is 12.0. The van der Waals surface area contributed by atoms with E-state index < -0.39 is 11.8 Å². The molecule has 0 fully saturated rings. The van der Waals surface area contributed by atoms with E-state index in [-0.39, 0.29) is 12.7 Å². The molecule has 0 saturated heterocycles. The molecular formula is C20H32O5. The van der Waals surface area contributed by atoms with Gasteiger partial charge in [-0.15, -0.1) is 0 Å². The zero-order valence-corrected chi connectivity index (χ0v) is 16.2. The van der Waals surface area contributed by atoms with Gasteiger partial charge < -0.3 is 18.9 Å². The third kappa shape index (κ3) is 7.14. The van der Waals surface area contributed by atoms with E-state index in [0.29, 0.717) is 6.42 Å². The average molecular weight is 352 g/mol. The highest BCUT2D eigenvalue weighted by atomic mass is 16.7. The minimum atomic E-state index is -1.42. The topological polar surface area (TPSA) is 54.0 Å². The van der Waals surface area contributed by atoms with Crippen LogP contribution in [0.25, 0.3) is 0 Å². The average Bonchev–Trinajstić information content (AvgIpc) is 2.61. The molecule has 1 aliphatic heterocycles. The fraction of sp³-hybridized carbons (Fsp3) is 0.650. The number of carbonyl (C=O) groups excluding carboxylic acids is 1. The van der Waals surface area contributed by atoms with Crippen molar-refractivity contribution in [2.45, 2.75) is 57.8 Å². The Morgan fingerprint density at radius 3 is 2.48 bits per heavy atom. The van der Waals surface area contributed by atoms with Crippen LogP contribution in [-0.4, -0.2) is 45.8 Å². The maximum absolute atomic E-state index is 12.6. The number of cyclic esters (lactones) is 1. The second-order valence-corrected chi connectivity index (χ2v) is 6.40. The molecule has 0 radical (unpaired) electrons. The molecule has 0 aromatic heterocycles. The number of ether oxygens (including phenoxy) is 4. The molecule has 0 spiro atoms. The molecular weight excluding hydrogens is 320 g/mol. The van der Waals surface area contributed by atoms with Crippen molar-refractivity contribution in [3.05, 3.63) is 35.5 Å². The molecule has 0 aromatic carbocycles. The van der Waals surface area contributed by atoms with Gasteiger partial charge in [-0.2, -0.15) is 0 Å². The van der Waals surface area contributed by atoms with Gasteiger partial charge in [-0.1, -0.05) is 35.5 Å². The number of hydrogen-bond donors (Lipinski definition) is 0. The van der Waals surface area contributed by atoms with Crippen molar-refractivity contribution in [1.29, 1.82) is 0 Å². The van der Waals surface area contributed by atoms with Crippen LogP contribution in [0.15, 0.2) is 35.5 Å². The van der Waals surface area contributed by atoms with E-state index in [9.17, 15) is 4.79 Å². The number of hydrogen-bond acceptors (Lipinski definition) is 5. The third-order valence-corrected chi connectivity index (χ3v) is 4.39. The third-order valence-electron chi connectivity index (χ3n) is 4.39. The van der Waals surface area contributed by atoms with Crippen LogP contribution in [0.4, 0.5) is 0 Å². The van der Waals surface area contributed by atoms with Crippen molar-refractivity contribution in [3.8, 4) is 0 Å². The molecule has 1 heterocycles. The van der Waals surface area contributed by atoms with Crippen LogP contribution >= 0.6 is 0 Å². The second kappa shape index (κ2) is 11.2. The van der Waals surface area contributed by atoms with E-state index in [2.05, 4.69) is 19.1 Å². The Bertz CT molecular complexity index is 500. The summed E-state index contributed by atoms with van der Waals surface area (Å²) in [6.45, 7) is 4.22. The Kier molecular flexibility index (Phi) is 9.71. The molecule has 1 atom stereocenters. The van der Waals surface area contributed by atoms with Crippen LogP contribution in [0.2, 0.25) is 0 Å². The highest BCUT2D eigenvalue weighted by Crippen LogP contribution is 2.24. The van der Waals surface area contributed by atoms with Crippen molar-refractivity contribution < 1.29 is 23.7 Å². The van der Waals surface area contributed by atoms with Gasteiger partial charge >= 0.3 is 5.97 Å². The summed E-state index contributed by atoms with van der Waals surface area (Å²) in [6, 6.07) is 0. The molecule has 0 aliphatic carbocycles. The Labute approximate surface area is 151 Å². The van der Waals surface area contributed by atoms with E-state index in [4.69, 9.17) is 18.9 Å². The quantitative estimate of drug-likeness (QED) is 0.437. The lowest BCUT2D eigenvalue weighted by Gasteiger charge is -2.29. The SMILES string of the molecule is COC1/C=C\C=C(/C)CCCC/C=C(\C)CC(OC)(OC)C(=O)OC1. The summed E-state index contributed by atoms with van der Waals surface area (Å²) in [5, 5.41) is 0. The van der Waals surface area contributed by atoms with Gasteiger partial charge in [0.25, 0.3) is 5.79 Å². The molecule has 142 valence electrons. The lowest BCUT2D eigenvalue weighted by atomic mass is 10.0. The number of methoxy groups -OCH3 is 3. The van der Waals surface area contributed by atoms with Crippen LogP contribution < -0.4 is 0 Å². The summed E-state index contributed by atoms with van der Waals surface area (Å²) in [6.07, 6.45) is 12.4. The number of esters is 1. The molecule has 1 aliphatic rings. The molecule has 0 aromatic rings. The zero-order chi connectivity index (χ0) is 18.7. The summed E-state index contributed by atoms with van der Waals surface area (Å²) in [5.41, 5.74) is 2.37. The Hall–Kier alpha value is -1.43. The monoisotopic (exact) mass is 352 g/mol. The Morgan fingerprint density at radius 2 is 1.84 bits per heavy atom. The van der Waals surface area contributed by atoms with E-state index in [0.717, 1.165) is 31.3 Å². The summed E-state index contributed by atoms with van der Waals surface area (Å²) >= 11 is 0. The first-order valence-electron chi connectivity index (χ1n) is 8.77. The Morgan fingerprint density at radius 1 is 1.12 bits per heavy atom. The highest BCUT2D eigenvalue weighted by molar-refractivity contribution is 5.78. The van der Waals surface area contributed by atoms with Gasteiger partial charge in [0.15, 0.2) is 0 Å². The molecule has 5 heteroatoms. The van der Waals surface area contributed by atoms with Gasteiger partial charge in [-0.3, -0.25) is 0 Å². The maximum Gasteiger partial charge on any atom is 0.367 e. The first kappa shape index (κ1) is 21.6. The van der Waals surface area contributed by atoms with Crippen LogP contribution in [-0.2, 0) is 23.7 Å². The van der Waals surface area contributed by atoms with Crippen LogP contribution in [0.1, 0.15) is 46.0 Å². The standard InChI is InChI=1S/C20H32O5/c1-16-10-7-6-8-11-17(2)14-20(23-4,24-5)19(21)25-15-18(22-3)13-9-12-16/h9,11-13,18H,6-8,10,14-15H2,1-5H3/b13-9-,16-12+,17-11+. The van der Waals surface area contributed by atoms with Gasteiger partial charge in [0.2, 0.25) is 0 Å². The molecule has 0 amide bonds. The van der Waals surface area contributed by atoms with Crippen LogP contribution in [0.5, 0.6) is 0 Å². The molecule has 0 bridgehead atoms. The summed E-state index contributed by atoms with van der Waals surface area (Å²) in [4.78, 5) is 12.6. The predicted molar refractivity (Wildman–Crippen MR) is 98.2 cm³/mol. The first-order valence-corrected chi connectivity index (χ1v) is 8.77. The molecule has 0 saturated carbocycles. The maximum atomic E-state index is 12.6. The summed E-state index contributed by atoms with van der Waals surface area (Å²) in [7, 11) is 4.50. The molecule has 1 unspecified atom stereocenters. The van der Waals surface area contributed by atoms with Gasteiger partial charge in [-0.25, -0.2) is 4.79 Å². The lowest BCUT2D eigenvalue weighted by Crippen LogP contribution is -2.45. The largest absolute Gasteiger partial charge is 0.459 e. The molecule has 5 nitrogen and oxygen atoms in total. The van der Waals surface area contributed by atoms with Crippen molar-refractivity contribution >= 4 is 5.97 Å². The van der Waals surface area contributed by atoms with Gasteiger partial charge in [0, 0.05) is 27.8 Å². The van der Waals surface area contributed by atoms with Crippen molar-refractivity contribution in [3.63, 3.8) is 0 Å². The minimum absolute atomic E-state index is 0.107. The smallest absolute Gasteiger partial charge is 0.367 e. The summed E-state index contributed by atoms with van der Waals surface area (Å²) < 4.78 is 21.5. The highest BCUT2D eigenvalue weighted by Gasteiger charge is 2.41. The number of carbonyl (C=O) groups is 1. The number of rotatable bonds is 3. The van der Waals surface area contributed by atoms with E-state index in [1.54, 1.807) is 7.11 Å². The minimum Gasteiger partial charge on any atom is -0.459 e. The molecule has 1 rings (SSSR count). The van der Waals surface area contributed by atoms with Gasteiger partial charge in [0.05, 0.1) is 0 Å². The number of allylic oxidation sites excluding steroid dienone is 4. The predicted octanol–water partition coefficient (Wildman–Crippen LogP) is 3.95. The van der Waals surface area contributed by atoms with Crippen molar-refractivity contribution in [2.75, 3.05) is 27.9 Å².